The zero-order valence-electron chi connectivity index (χ0n) is 15.5. The Bertz CT molecular complexity index is 774. The maximum atomic E-state index is 12.8. The van der Waals surface area contributed by atoms with E-state index in [4.69, 9.17) is 4.74 Å². The van der Waals surface area contributed by atoms with Gasteiger partial charge in [0.1, 0.15) is 6.54 Å². The van der Waals surface area contributed by atoms with Crippen molar-refractivity contribution in [3.63, 3.8) is 0 Å². The number of ether oxygens (including phenoxy) is 1. The topological polar surface area (TPSA) is 76.0 Å². The van der Waals surface area contributed by atoms with Crippen LogP contribution in [0.3, 0.4) is 0 Å². The first-order valence-corrected chi connectivity index (χ1v) is 9.21. The van der Waals surface area contributed by atoms with Crippen molar-refractivity contribution in [2.45, 2.75) is 13.5 Å². The summed E-state index contributed by atoms with van der Waals surface area (Å²) in [6.07, 6.45) is 3.10. The van der Waals surface area contributed by atoms with Crippen molar-refractivity contribution < 1.29 is 19.2 Å². The summed E-state index contributed by atoms with van der Waals surface area (Å²) in [5.41, 5.74) is 2.39. The summed E-state index contributed by atoms with van der Waals surface area (Å²) in [4.78, 5) is 31.7. The van der Waals surface area contributed by atoms with Crippen molar-refractivity contribution >= 4 is 17.7 Å². The minimum atomic E-state index is -0.518. The number of hydrogen-bond acceptors (Lipinski definition) is 4. The van der Waals surface area contributed by atoms with Gasteiger partial charge in [-0.25, -0.2) is 4.79 Å². The fourth-order valence-electron chi connectivity index (χ4n) is 3.19. The molecular formula is C20H25N4O3+. The van der Waals surface area contributed by atoms with Gasteiger partial charge in [-0.3, -0.25) is 15.1 Å². The average Bonchev–Trinajstić information content (AvgIpc) is 2.69. The highest BCUT2D eigenvalue weighted by atomic mass is 16.5. The molecule has 2 heterocycles. The second-order valence-electron chi connectivity index (χ2n) is 6.50. The van der Waals surface area contributed by atoms with E-state index in [0.29, 0.717) is 17.9 Å². The predicted octanol–water partition coefficient (Wildman–Crippen LogP) is 1.19. The molecule has 7 heteroatoms. The second-order valence-corrected chi connectivity index (χ2v) is 6.50. The minimum Gasteiger partial charge on any atom is -0.450 e. The van der Waals surface area contributed by atoms with Crippen LogP contribution in [-0.4, -0.2) is 54.7 Å². The van der Waals surface area contributed by atoms with Crippen molar-refractivity contribution in [1.29, 1.82) is 0 Å². The summed E-state index contributed by atoms with van der Waals surface area (Å²) in [6, 6.07) is 11.0. The summed E-state index contributed by atoms with van der Waals surface area (Å²) >= 11 is 0. The second kappa shape index (κ2) is 9.14. The van der Waals surface area contributed by atoms with Crippen LogP contribution in [-0.2, 0) is 11.3 Å². The number of nitrogens with zero attached hydrogens (tertiary/aromatic N) is 2. The standard InChI is InChI=1S/C20H24N4O3/c1-2-27-20(26)22-18-5-3-4-17(14-18)19(25)24-12-10-23(11-13-24)15-16-6-8-21-9-7-16/h3-9,14H,2,10-13,15H2,1H3,(H,22,26)/p+1. The molecule has 0 radical (unpaired) electrons. The van der Waals surface area contributed by atoms with E-state index in [1.807, 2.05) is 29.4 Å². The lowest BCUT2D eigenvalue weighted by molar-refractivity contribution is -0.917. The van der Waals surface area contributed by atoms with E-state index >= 15 is 0 Å². The molecule has 1 aliphatic heterocycles. The number of hydrogen-bond donors (Lipinski definition) is 2. The van der Waals surface area contributed by atoms with Gasteiger partial charge in [-0.05, 0) is 37.3 Å². The number of piperazine rings is 1. The highest BCUT2D eigenvalue weighted by Crippen LogP contribution is 2.13. The fraction of sp³-hybridized carbons (Fsp3) is 0.350. The number of benzene rings is 1. The molecule has 1 fully saturated rings. The molecule has 0 unspecified atom stereocenters. The van der Waals surface area contributed by atoms with Crippen LogP contribution in [0, 0.1) is 0 Å². The van der Waals surface area contributed by atoms with E-state index in [-0.39, 0.29) is 5.91 Å². The Balaban J connectivity index is 1.55. The number of aromatic nitrogens is 1. The minimum absolute atomic E-state index is 0.00882. The van der Waals surface area contributed by atoms with Crippen molar-refractivity contribution in [3.05, 3.63) is 59.9 Å². The molecule has 0 aliphatic carbocycles. The van der Waals surface area contributed by atoms with Crippen molar-refractivity contribution in [3.8, 4) is 0 Å². The van der Waals surface area contributed by atoms with Crippen molar-refractivity contribution in [2.24, 2.45) is 0 Å². The Hall–Kier alpha value is -2.93. The maximum Gasteiger partial charge on any atom is 0.411 e. The van der Waals surface area contributed by atoms with E-state index in [2.05, 4.69) is 10.3 Å². The summed E-state index contributed by atoms with van der Waals surface area (Å²) in [5, 5.41) is 2.63. The quantitative estimate of drug-likeness (QED) is 0.830. The molecule has 7 nitrogen and oxygen atoms in total. The van der Waals surface area contributed by atoms with Crippen LogP contribution in [0.2, 0.25) is 0 Å². The van der Waals surface area contributed by atoms with Crippen molar-refractivity contribution in [2.75, 3.05) is 38.1 Å². The third-order valence-electron chi connectivity index (χ3n) is 4.59. The number of pyridine rings is 1. The Morgan fingerprint density at radius 2 is 1.93 bits per heavy atom. The monoisotopic (exact) mass is 369 g/mol. The molecule has 0 saturated carbocycles. The average molecular weight is 369 g/mol. The Morgan fingerprint density at radius 1 is 1.19 bits per heavy atom. The fourth-order valence-corrected chi connectivity index (χ4v) is 3.19. The lowest BCUT2D eigenvalue weighted by atomic mass is 10.1. The third kappa shape index (κ3) is 5.27. The van der Waals surface area contributed by atoms with Gasteiger partial charge in [0.15, 0.2) is 0 Å². The Labute approximate surface area is 158 Å². The summed E-state index contributed by atoms with van der Waals surface area (Å²) in [7, 11) is 0. The molecule has 1 aromatic carbocycles. The van der Waals surface area contributed by atoms with Crippen LogP contribution < -0.4 is 10.2 Å². The third-order valence-corrected chi connectivity index (χ3v) is 4.59. The number of quaternary nitrogens is 1. The number of rotatable bonds is 5. The van der Waals surface area contributed by atoms with Crippen LogP contribution in [0.1, 0.15) is 22.8 Å². The number of amides is 2. The molecule has 0 bridgehead atoms. The van der Waals surface area contributed by atoms with Gasteiger partial charge in [-0.2, -0.15) is 0 Å². The van der Waals surface area contributed by atoms with Crippen LogP contribution in [0.15, 0.2) is 48.8 Å². The molecule has 2 N–H and O–H groups in total. The maximum absolute atomic E-state index is 12.8. The normalized spacial score (nSPS) is 14.6. The van der Waals surface area contributed by atoms with Gasteiger partial charge in [0.2, 0.25) is 0 Å². The number of nitrogens with one attached hydrogen (secondary N) is 2. The van der Waals surface area contributed by atoms with E-state index in [9.17, 15) is 9.59 Å². The molecule has 27 heavy (non-hydrogen) atoms. The summed E-state index contributed by atoms with van der Waals surface area (Å²) in [6.45, 7) is 6.25. The van der Waals surface area contributed by atoms with Gasteiger partial charge in [0.05, 0.1) is 32.8 Å². The highest BCUT2D eigenvalue weighted by molar-refractivity contribution is 5.96. The smallest absolute Gasteiger partial charge is 0.411 e. The first-order chi connectivity index (χ1) is 13.2. The van der Waals surface area contributed by atoms with Gasteiger partial charge in [-0.15, -0.1) is 0 Å². The van der Waals surface area contributed by atoms with E-state index in [1.165, 1.54) is 10.5 Å². The van der Waals surface area contributed by atoms with Crippen LogP contribution in [0.4, 0.5) is 10.5 Å². The molecular weight excluding hydrogens is 344 g/mol. The van der Waals surface area contributed by atoms with Gasteiger partial charge < -0.3 is 14.5 Å². The first-order valence-electron chi connectivity index (χ1n) is 9.21. The lowest BCUT2D eigenvalue weighted by Crippen LogP contribution is -3.13. The van der Waals surface area contributed by atoms with Gasteiger partial charge >= 0.3 is 6.09 Å². The number of anilines is 1. The highest BCUT2D eigenvalue weighted by Gasteiger charge is 2.24. The molecule has 0 spiro atoms. The Morgan fingerprint density at radius 3 is 2.63 bits per heavy atom. The van der Waals surface area contributed by atoms with Gasteiger partial charge in [0, 0.05) is 29.2 Å². The molecule has 3 rings (SSSR count). The zero-order valence-corrected chi connectivity index (χ0v) is 15.5. The predicted molar refractivity (Wildman–Crippen MR) is 102 cm³/mol. The molecule has 2 amide bonds. The molecule has 142 valence electrons. The van der Waals surface area contributed by atoms with Crippen LogP contribution >= 0.6 is 0 Å². The summed E-state index contributed by atoms with van der Waals surface area (Å²) < 4.78 is 4.87. The molecule has 0 atom stereocenters. The molecule has 1 saturated heterocycles. The van der Waals surface area contributed by atoms with E-state index in [0.717, 1.165) is 32.7 Å². The van der Waals surface area contributed by atoms with Gasteiger partial charge in [0.25, 0.3) is 5.91 Å². The molecule has 1 aliphatic rings. The largest absolute Gasteiger partial charge is 0.450 e. The van der Waals surface area contributed by atoms with Crippen molar-refractivity contribution in [1.82, 2.24) is 9.88 Å². The SMILES string of the molecule is CCOC(=O)Nc1cccc(C(=O)N2CC[NH+](Cc3ccncc3)CC2)c1. The van der Waals surface area contributed by atoms with E-state index < -0.39 is 6.09 Å². The van der Waals surface area contributed by atoms with Crippen LogP contribution in [0.25, 0.3) is 0 Å². The number of carbonyl (C=O) groups is 2. The summed E-state index contributed by atoms with van der Waals surface area (Å²) in [5.74, 6) is -0.00882. The lowest BCUT2D eigenvalue weighted by Gasteiger charge is -2.32. The zero-order chi connectivity index (χ0) is 19.1. The molecule has 2 aromatic rings. The van der Waals surface area contributed by atoms with Gasteiger partial charge in [-0.1, -0.05) is 6.07 Å². The Kier molecular flexibility index (Phi) is 6.38. The number of carbonyl (C=O) groups excluding carboxylic acids is 2. The van der Waals surface area contributed by atoms with E-state index in [1.54, 1.807) is 31.2 Å². The molecule has 1 aromatic heterocycles. The van der Waals surface area contributed by atoms with Crippen LogP contribution in [0.5, 0.6) is 0 Å². The first kappa shape index (κ1) is 18.8.